The Bertz CT molecular complexity index is 998. The van der Waals surface area contributed by atoms with Crippen LogP contribution in [-0.2, 0) is 0 Å². The summed E-state index contributed by atoms with van der Waals surface area (Å²) in [6.07, 6.45) is 4.93. The Hall–Kier alpha value is -2.11. The Morgan fingerprint density at radius 2 is 2.07 bits per heavy atom. The Morgan fingerprint density at radius 3 is 2.76 bits per heavy atom. The summed E-state index contributed by atoms with van der Waals surface area (Å²) < 4.78 is 0.841. The second-order valence-corrected chi connectivity index (χ2v) is 9.06. The predicted octanol–water partition coefficient (Wildman–Crippen LogP) is 6.28. The summed E-state index contributed by atoms with van der Waals surface area (Å²) in [6, 6.07) is 11.2. The number of anilines is 1. The van der Waals surface area contributed by atoms with Crippen molar-refractivity contribution in [2.45, 2.75) is 39.7 Å². The topological polar surface area (TPSA) is 44.7 Å². The molecule has 0 bridgehead atoms. The van der Waals surface area contributed by atoms with Gasteiger partial charge in [-0.05, 0) is 63.1 Å². The van der Waals surface area contributed by atoms with E-state index in [1.165, 1.54) is 5.57 Å². The minimum atomic E-state index is -0.274. The van der Waals surface area contributed by atoms with Gasteiger partial charge in [0.25, 0.3) is 5.91 Å². The van der Waals surface area contributed by atoms with Gasteiger partial charge in [-0.1, -0.05) is 46.6 Å². The first-order valence-electron chi connectivity index (χ1n) is 9.63. The Labute approximate surface area is 185 Å². The first-order chi connectivity index (χ1) is 13.7. The van der Waals surface area contributed by atoms with Gasteiger partial charge in [-0.2, -0.15) is 5.10 Å². The van der Waals surface area contributed by atoms with E-state index in [0.29, 0.717) is 10.6 Å². The number of carbonyl (C=O) groups excluding carboxylic acids is 1. The van der Waals surface area contributed by atoms with Crippen LogP contribution in [0.3, 0.4) is 0 Å². The van der Waals surface area contributed by atoms with E-state index < -0.39 is 0 Å². The first kappa shape index (κ1) is 21.6. The highest BCUT2D eigenvalue weighted by atomic mass is 79.9. The monoisotopic (exact) mass is 473 g/mol. The maximum absolute atomic E-state index is 12.2. The van der Waals surface area contributed by atoms with Crippen molar-refractivity contribution < 1.29 is 4.79 Å². The Balaban J connectivity index is 1.86. The molecule has 1 aliphatic heterocycles. The molecule has 1 heterocycles. The van der Waals surface area contributed by atoms with Gasteiger partial charge < -0.3 is 4.90 Å². The van der Waals surface area contributed by atoms with Crippen LogP contribution in [0.4, 0.5) is 5.69 Å². The van der Waals surface area contributed by atoms with Crippen LogP contribution in [0.25, 0.3) is 5.57 Å². The average Bonchev–Trinajstić information content (AvgIpc) is 2.65. The molecule has 0 unspecified atom stereocenters. The van der Waals surface area contributed by atoms with Crippen LogP contribution in [0.15, 0.2) is 52.0 Å². The highest BCUT2D eigenvalue weighted by Crippen LogP contribution is 2.41. The van der Waals surface area contributed by atoms with Gasteiger partial charge in [0.1, 0.15) is 0 Å². The van der Waals surface area contributed by atoms with Crippen molar-refractivity contribution in [2.75, 3.05) is 11.4 Å². The summed E-state index contributed by atoms with van der Waals surface area (Å²) in [7, 11) is 0. The van der Waals surface area contributed by atoms with Crippen molar-refractivity contribution in [2.24, 2.45) is 5.10 Å². The third-order valence-corrected chi connectivity index (χ3v) is 5.82. The van der Waals surface area contributed by atoms with Crippen molar-refractivity contribution in [3.05, 3.63) is 68.7 Å². The van der Waals surface area contributed by atoms with Crippen molar-refractivity contribution >= 4 is 50.9 Å². The van der Waals surface area contributed by atoms with E-state index in [9.17, 15) is 4.79 Å². The number of benzene rings is 2. The van der Waals surface area contributed by atoms with Crippen molar-refractivity contribution in [3.8, 4) is 0 Å². The molecule has 0 fully saturated rings. The Morgan fingerprint density at radius 1 is 1.31 bits per heavy atom. The quantitative estimate of drug-likeness (QED) is 0.409. The molecule has 0 saturated heterocycles. The number of carbonyl (C=O) groups is 1. The fourth-order valence-electron chi connectivity index (χ4n) is 3.70. The molecule has 2 aromatic carbocycles. The van der Waals surface area contributed by atoms with Crippen LogP contribution >= 0.6 is 27.5 Å². The highest BCUT2D eigenvalue weighted by molar-refractivity contribution is 9.10. The van der Waals surface area contributed by atoms with Gasteiger partial charge in [-0.3, -0.25) is 4.79 Å². The number of nitrogens with zero attached hydrogens (tertiary/aromatic N) is 2. The van der Waals surface area contributed by atoms with E-state index in [1.807, 2.05) is 24.3 Å². The molecule has 0 aromatic heterocycles. The second-order valence-electron chi connectivity index (χ2n) is 7.73. The lowest BCUT2D eigenvalue weighted by atomic mass is 9.88. The van der Waals surface area contributed by atoms with Crippen LogP contribution in [0, 0.1) is 0 Å². The van der Waals surface area contributed by atoms with Gasteiger partial charge >= 0.3 is 0 Å². The van der Waals surface area contributed by atoms with Gasteiger partial charge in [0.15, 0.2) is 0 Å². The number of hydrogen-bond donors (Lipinski definition) is 1. The maximum atomic E-state index is 12.2. The molecular weight excluding hydrogens is 450 g/mol. The van der Waals surface area contributed by atoms with Gasteiger partial charge in [0, 0.05) is 33.4 Å². The Kier molecular flexibility index (Phi) is 6.49. The van der Waals surface area contributed by atoms with E-state index in [-0.39, 0.29) is 11.4 Å². The minimum absolute atomic E-state index is 0.0655. The molecule has 29 heavy (non-hydrogen) atoms. The summed E-state index contributed by atoms with van der Waals surface area (Å²) in [6.45, 7) is 9.69. The van der Waals surface area contributed by atoms with Crippen molar-refractivity contribution in [1.82, 2.24) is 5.43 Å². The van der Waals surface area contributed by atoms with Crippen LogP contribution in [0.5, 0.6) is 0 Å². The lowest BCUT2D eigenvalue weighted by molar-refractivity contribution is 0.0955. The van der Waals surface area contributed by atoms with Crippen LogP contribution < -0.4 is 10.3 Å². The summed E-state index contributed by atoms with van der Waals surface area (Å²) in [5.74, 6) is -0.274. The molecule has 0 aliphatic carbocycles. The van der Waals surface area contributed by atoms with Crippen LogP contribution in [0.1, 0.15) is 55.6 Å². The molecule has 0 saturated carbocycles. The SMILES string of the molecule is CCCN1c2cc(Cl)c(/C=N\NC(=O)c3cccc(Br)c3)cc2C(C)=CC1(C)C. The second kappa shape index (κ2) is 8.72. The van der Waals surface area contributed by atoms with E-state index in [2.05, 4.69) is 65.1 Å². The molecule has 152 valence electrons. The molecule has 0 atom stereocenters. The zero-order valence-corrected chi connectivity index (χ0v) is 19.4. The number of fused-ring (bicyclic) bond motifs is 1. The number of nitrogens with one attached hydrogen (secondary N) is 1. The molecular formula is C23H25BrClN3O. The lowest BCUT2D eigenvalue weighted by Crippen LogP contribution is -2.45. The number of amides is 1. The summed E-state index contributed by atoms with van der Waals surface area (Å²) >= 11 is 9.93. The van der Waals surface area contributed by atoms with Gasteiger partial charge in [-0.25, -0.2) is 5.43 Å². The standard InChI is InChI=1S/C23H25BrClN3O/c1-5-9-28-21-12-20(25)17(11-19(21)15(2)13-23(28,3)4)14-26-27-22(29)16-7-6-8-18(24)10-16/h6-8,10-14H,5,9H2,1-4H3,(H,27,29)/b26-14-. The highest BCUT2D eigenvalue weighted by Gasteiger charge is 2.31. The normalized spacial score (nSPS) is 15.2. The fraction of sp³-hybridized carbons (Fsp3) is 0.304. The predicted molar refractivity (Wildman–Crippen MR) is 126 cm³/mol. The molecule has 1 aliphatic rings. The zero-order chi connectivity index (χ0) is 21.2. The van der Waals surface area contributed by atoms with Gasteiger partial charge in [-0.15, -0.1) is 0 Å². The minimum Gasteiger partial charge on any atom is -0.362 e. The van der Waals surface area contributed by atoms with Crippen molar-refractivity contribution in [1.29, 1.82) is 0 Å². The van der Waals surface area contributed by atoms with Gasteiger partial charge in [0.2, 0.25) is 0 Å². The maximum Gasteiger partial charge on any atom is 0.271 e. The van der Waals surface area contributed by atoms with E-state index in [0.717, 1.165) is 34.3 Å². The third-order valence-electron chi connectivity index (χ3n) is 5.00. The molecule has 3 rings (SSSR count). The molecule has 1 amide bonds. The smallest absolute Gasteiger partial charge is 0.271 e. The molecule has 4 nitrogen and oxygen atoms in total. The summed E-state index contributed by atoms with van der Waals surface area (Å²) in [4.78, 5) is 14.6. The van der Waals surface area contributed by atoms with Crippen LogP contribution in [-0.4, -0.2) is 24.2 Å². The average molecular weight is 475 g/mol. The van der Waals surface area contributed by atoms with Gasteiger partial charge in [0.05, 0.1) is 16.8 Å². The first-order valence-corrected chi connectivity index (χ1v) is 10.8. The van der Waals surface area contributed by atoms with E-state index >= 15 is 0 Å². The fourth-order valence-corrected chi connectivity index (χ4v) is 4.31. The molecule has 0 spiro atoms. The number of halogens is 2. The largest absolute Gasteiger partial charge is 0.362 e. The molecule has 0 radical (unpaired) electrons. The van der Waals surface area contributed by atoms with E-state index in [1.54, 1.807) is 18.3 Å². The summed E-state index contributed by atoms with van der Waals surface area (Å²) in [5.41, 5.74) is 7.28. The molecule has 2 aromatic rings. The lowest BCUT2D eigenvalue weighted by Gasteiger charge is -2.43. The molecule has 1 N–H and O–H groups in total. The molecule has 6 heteroatoms. The van der Waals surface area contributed by atoms with Crippen molar-refractivity contribution in [3.63, 3.8) is 0 Å². The number of hydrazone groups is 1. The van der Waals surface area contributed by atoms with Crippen LogP contribution in [0.2, 0.25) is 5.02 Å². The number of rotatable bonds is 5. The number of allylic oxidation sites excluding steroid dienone is 1. The van der Waals surface area contributed by atoms with E-state index in [4.69, 9.17) is 11.6 Å². The summed E-state index contributed by atoms with van der Waals surface area (Å²) in [5, 5.41) is 4.72. The number of hydrogen-bond acceptors (Lipinski definition) is 3. The zero-order valence-electron chi connectivity index (χ0n) is 17.1. The third kappa shape index (κ3) is 4.73.